The molecule has 3 heterocycles. The summed E-state index contributed by atoms with van der Waals surface area (Å²) in [5, 5.41) is 9.53. The number of alkyl halides is 2. The maximum Gasteiger partial charge on any atom is 0.387 e. The number of carbonyl (C=O) groups excluding carboxylic acids is 1. The molecule has 0 aliphatic carbocycles. The standard InChI is InChI=1S/C15H17F2N5O2/c16-14(17)24-10-4-5-13(18-9-10)20-15(23)22-8-2-1-3-12(22)11-6-7-19-21-11/h4-7,9,12,14H,1-3,8H2,(H,19,21)(H,18,20,23). The third kappa shape index (κ3) is 3.79. The van der Waals surface area contributed by atoms with Crippen molar-refractivity contribution in [3.05, 3.63) is 36.3 Å². The molecule has 24 heavy (non-hydrogen) atoms. The number of hydrogen-bond acceptors (Lipinski definition) is 4. The van der Waals surface area contributed by atoms with Crippen LogP contribution < -0.4 is 10.1 Å². The van der Waals surface area contributed by atoms with Crippen molar-refractivity contribution >= 4 is 11.8 Å². The van der Waals surface area contributed by atoms with Gasteiger partial charge in [-0.1, -0.05) is 0 Å². The predicted molar refractivity (Wildman–Crippen MR) is 81.8 cm³/mol. The minimum Gasteiger partial charge on any atom is -0.433 e. The molecule has 1 fully saturated rings. The maximum atomic E-state index is 12.5. The van der Waals surface area contributed by atoms with E-state index in [0.29, 0.717) is 6.54 Å². The fourth-order valence-corrected chi connectivity index (χ4v) is 2.76. The topological polar surface area (TPSA) is 83.1 Å². The first-order valence-electron chi connectivity index (χ1n) is 7.61. The van der Waals surface area contributed by atoms with Gasteiger partial charge < -0.3 is 9.64 Å². The zero-order valence-corrected chi connectivity index (χ0v) is 12.8. The SMILES string of the molecule is O=C(Nc1ccc(OC(F)F)cn1)N1CCCCC1c1ccn[nH]1. The Labute approximate surface area is 137 Å². The third-order valence-electron chi connectivity index (χ3n) is 3.84. The van der Waals surface area contributed by atoms with E-state index in [9.17, 15) is 13.6 Å². The van der Waals surface area contributed by atoms with Gasteiger partial charge in [0.15, 0.2) is 0 Å². The number of urea groups is 1. The highest BCUT2D eigenvalue weighted by atomic mass is 19.3. The summed E-state index contributed by atoms with van der Waals surface area (Å²) in [6.07, 6.45) is 5.61. The molecule has 2 N–H and O–H groups in total. The molecule has 1 aliphatic heterocycles. The van der Waals surface area contributed by atoms with Crippen LogP contribution in [-0.2, 0) is 0 Å². The lowest BCUT2D eigenvalue weighted by molar-refractivity contribution is -0.0500. The highest BCUT2D eigenvalue weighted by Gasteiger charge is 2.29. The molecule has 1 atom stereocenters. The monoisotopic (exact) mass is 337 g/mol. The minimum absolute atomic E-state index is 0.0590. The number of ether oxygens (including phenoxy) is 1. The van der Waals surface area contributed by atoms with Crippen molar-refractivity contribution in [1.29, 1.82) is 0 Å². The molecule has 9 heteroatoms. The van der Waals surface area contributed by atoms with Gasteiger partial charge in [0.05, 0.1) is 17.9 Å². The molecular formula is C15H17F2N5O2. The van der Waals surface area contributed by atoms with Crippen LogP contribution in [0.15, 0.2) is 30.6 Å². The Morgan fingerprint density at radius 1 is 1.38 bits per heavy atom. The Kier molecular flexibility index (Phi) is 4.88. The lowest BCUT2D eigenvalue weighted by Gasteiger charge is -2.34. The predicted octanol–water partition coefficient (Wildman–Crippen LogP) is 3.17. The summed E-state index contributed by atoms with van der Waals surface area (Å²) in [4.78, 5) is 18.2. The van der Waals surface area contributed by atoms with Crippen LogP contribution in [0.4, 0.5) is 19.4 Å². The molecule has 2 aromatic heterocycles. The summed E-state index contributed by atoms with van der Waals surface area (Å²) in [6.45, 7) is -2.28. The maximum absolute atomic E-state index is 12.5. The fourth-order valence-electron chi connectivity index (χ4n) is 2.76. The van der Waals surface area contributed by atoms with Crippen molar-refractivity contribution < 1.29 is 18.3 Å². The molecule has 0 spiro atoms. The number of hydrogen-bond donors (Lipinski definition) is 2. The molecule has 2 aromatic rings. The highest BCUT2D eigenvalue weighted by Crippen LogP contribution is 2.30. The molecule has 0 saturated carbocycles. The number of H-pyrrole nitrogens is 1. The van der Waals surface area contributed by atoms with Crippen molar-refractivity contribution in [2.45, 2.75) is 31.9 Å². The van der Waals surface area contributed by atoms with Crippen LogP contribution >= 0.6 is 0 Å². The van der Waals surface area contributed by atoms with E-state index in [1.165, 1.54) is 12.1 Å². The lowest BCUT2D eigenvalue weighted by Crippen LogP contribution is -2.41. The van der Waals surface area contributed by atoms with Gasteiger partial charge in [-0.2, -0.15) is 13.9 Å². The number of likely N-dealkylation sites (tertiary alicyclic amines) is 1. The third-order valence-corrected chi connectivity index (χ3v) is 3.84. The molecule has 1 unspecified atom stereocenters. The van der Waals surface area contributed by atoms with Gasteiger partial charge in [0.25, 0.3) is 0 Å². The van der Waals surface area contributed by atoms with Crippen LogP contribution in [0.3, 0.4) is 0 Å². The van der Waals surface area contributed by atoms with Gasteiger partial charge in [0.1, 0.15) is 11.6 Å². The van der Waals surface area contributed by atoms with E-state index in [1.807, 2.05) is 6.07 Å². The van der Waals surface area contributed by atoms with Crippen LogP contribution in [0.1, 0.15) is 31.0 Å². The van der Waals surface area contributed by atoms with E-state index in [2.05, 4.69) is 25.2 Å². The van der Waals surface area contributed by atoms with E-state index in [0.717, 1.165) is 31.2 Å². The van der Waals surface area contributed by atoms with E-state index in [1.54, 1.807) is 11.1 Å². The second-order valence-electron chi connectivity index (χ2n) is 5.40. The second-order valence-corrected chi connectivity index (χ2v) is 5.40. The molecule has 1 saturated heterocycles. The Morgan fingerprint density at radius 2 is 2.25 bits per heavy atom. The van der Waals surface area contributed by atoms with E-state index in [-0.39, 0.29) is 23.6 Å². The number of nitrogens with one attached hydrogen (secondary N) is 2. The number of pyridine rings is 1. The van der Waals surface area contributed by atoms with Crippen LogP contribution in [0.5, 0.6) is 5.75 Å². The summed E-state index contributed by atoms with van der Waals surface area (Å²) < 4.78 is 28.5. The van der Waals surface area contributed by atoms with Gasteiger partial charge in [0.2, 0.25) is 0 Å². The number of nitrogens with zero attached hydrogens (tertiary/aromatic N) is 3. The largest absolute Gasteiger partial charge is 0.433 e. The first-order valence-corrected chi connectivity index (χ1v) is 7.61. The van der Waals surface area contributed by atoms with Crippen molar-refractivity contribution in [2.24, 2.45) is 0 Å². The molecule has 1 aliphatic rings. The molecule has 2 amide bonds. The van der Waals surface area contributed by atoms with Crippen LogP contribution in [0.2, 0.25) is 0 Å². The van der Waals surface area contributed by atoms with Gasteiger partial charge in [0, 0.05) is 12.7 Å². The number of anilines is 1. The van der Waals surface area contributed by atoms with Crippen LogP contribution in [-0.4, -0.2) is 39.3 Å². The quantitative estimate of drug-likeness (QED) is 0.898. The van der Waals surface area contributed by atoms with Crippen molar-refractivity contribution in [3.63, 3.8) is 0 Å². The summed E-state index contributed by atoms with van der Waals surface area (Å²) in [7, 11) is 0. The number of rotatable bonds is 4. The van der Waals surface area contributed by atoms with Gasteiger partial charge >= 0.3 is 12.6 Å². The van der Waals surface area contributed by atoms with Crippen molar-refractivity contribution in [1.82, 2.24) is 20.1 Å². The Bertz CT molecular complexity index is 663. The Morgan fingerprint density at radius 3 is 2.92 bits per heavy atom. The lowest BCUT2D eigenvalue weighted by atomic mass is 10.00. The average Bonchev–Trinajstić information content (AvgIpc) is 3.10. The van der Waals surface area contributed by atoms with Crippen molar-refractivity contribution in [2.75, 3.05) is 11.9 Å². The summed E-state index contributed by atoms with van der Waals surface area (Å²) in [5.41, 5.74) is 0.887. The van der Waals surface area contributed by atoms with E-state index in [4.69, 9.17) is 0 Å². The van der Waals surface area contributed by atoms with Gasteiger partial charge in [-0.15, -0.1) is 0 Å². The van der Waals surface area contributed by atoms with Gasteiger partial charge in [-0.05, 0) is 37.5 Å². The number of halogens is 2. The Balaban J connectivity index is 1.66. The summed E-state index contributed by atoms with van der Waals surface area (Å²) in [6, 6.07) is 4.25. The molecule has 0 radical (unpaired) electrons. The molecule has 0 bridgehead atoms. The summed E-state index contributed by atoms with van der Waals surface area (Å²) in [5.74, 6) is 0.215. The normalized spacial score (nSPS) is 17.8. The number of amides is 2. The first-order chi connectivity index (χ1) is 11.6. The number of aromatic amines is 1. The Hall–Kier alpha value is -2.71. The smallest absolute Gasteiger partial charge is 0.387 e. The highest BCUT2D eigenvalue weighted by molar-refractivity contribution is 5.88. The summed E-state index contributed by atoms with van der Waals surface area (Å²) >= 11 is 0. The van der Waals surface area contributed by atoms with Crippen LogP contribution in [0, 0.1) is 0 Å². The molecule has 128 valence electrons. The zero-order chi connectivity index (χ0) is 16.9. The van der Waals surface area contributed by atoms with Crippen LogP contribution in [0.25, 0.3) is 0 Å². The minimum atomic E-state index is -2.91. The van der Waals surface area contributed by atoms with Crippen molar-refractivity contribution in [3.8, 4) is 5.75 Å². The number of carbonyl (C=O) groups is 1. The molecule has 3 rings (SSSR count). The van der Waals surface area contributed by atoms with Gasteiger partial charge in [-0.25, -0.2) is 9.78 Å². The average molecular weight is 337 g/mol. The molecular weight excluding hydrogens is 320 g/mol. The van der Waals surface area contributed by atoms with E-state index < -0.39 is 6.61 Å². The molecule has 7 nitrogen and oxygen atoms in total. The van der Waals surface area contributed by atoms with E-state index >= 15 is 0 Å². The zero-order valence-electron chi connectivity index (χ0n) is 12.8. The number of aromatic nitrogens is 3. The molecule has 0 aromatic carbocycles. The van der Waals surface area contributed by atoms with Gasteiger partial charge in [-0.3, -0.25) is 10.4 Å². The second kappa shape index (κ2) is 7.24. The first kappa shape index (κ1) is 16.2. The number of piperidine rings is 1. The fraction of sp³-hybridized carbons (Fsp3) is 0.400.